The summed E-state index contributed by atoms with van der Waals surface area (Å²) in [6.07, 6.45) is 0. The average Bonchev–Trinajstić information content (AvgIpc) is 2.27. The van der Waals surface area contributed by atoms with Gasteiger partial charge in [0.1, 0.15) is 5.75 Å². The van der Waals surface area contributed by atoms with Crippen molar-refractivity contribution in [2.75, 3.05) is 7.11 Å². The number of ether oxygens (including phenoxy) is 1. The standard InChI is InChI=1S/C12H12ClNO/c1-8-4-5-10(6-11(8)15-3)12(13)9(2)7-14/h4-6H,1-3H3. The maximum absolute atomic E-state index is 8.72. The third kappa shape index (κ3) is 2.51. The largest absolute Gasteiger partial charge is 0.496 e. The maximum atomic E-state index is 8.72. The predicted octanol–water partition coefficient (Wildman–Crippen LogP) is 3.50. The summed E-state index contributed by atoms with van der Waals surface area (Å²) in [6.45, 7) is 3.64. The van der Waals surface area contributed by atoms with E-state index >= 15 is 0 Å². The minimum atomic E-state index is 0.468. The zero-order chi connectivity index (χ0) is 11.4. The fraction of sp³-hybridized carbons (Fsp3) is 0.250. The van der Waals surface area contributed by atoms with Crippen molar-refractivity contribution < 1.29 is 4.74 Å². The van der Waals surface area contributed by atoms with Gasteiger partial charge in [0, 0.05) is 5.57 Å². The number of methoxy groups -OCH3 is 1. The van der Waals surface area contributed by atoms with Crippen LogP contribution in [0.25, 0.3) is 5.03 Å². The van der Waals surface area contributed by atoms with Crippen molar-refractivity contribution in [1.29, 1.82) is 5.26 Å². The summed E-state index contributed by atoms with van der Waals surface area (Å²) in [4.78, 5) is 0. The van der Waals surface area contributed by atoms with Gasteiger partial charge < -0.3 is 4.74 Å². The number of halogens is 1. The van der Waals surface area contributed by atoms with Crippen LogP contribution in [-0.2, 0) is 0 Å². The zero-order valence-corrected chi connectivity index (χ0v) is 9.72. The van der Waals surface area contributed by atoms with Gasteiger partial charge in [0.15, 0.2) is 0 Å². The topological polar surface area (TPSA) is 33.0 Å². The highest BCUT2D eigenvalue weighted by Crippen LogP contribution is 2.28. The quantitative estimate of drug-likeness (QED) is 0.717. The van der Waals surface area contributed by atoms with Crippen molar-refractivity contribution in [2.24, 2.45) is 0 Å². The van der Waals surface area contributed by atoms with Crippen LogP contribution in [-0.4, -0.2) is 7.11 Å². The van der Waals surface area contributed by atoms with E-state index in [2.05, 4.69) is 0 Å². The Bertz CT molecular complexity index is 443. The van der Waals surface area contributed by atoms with Gasteiger partial charge in [-0.3, -0.25) is 0 Å². The number of allylic oxidation sites excluding steroid dienone is 1. The number of nitriles is 1. The van der Waals surface area contributed by atoms with Crippen LogP contribution in [0.3, 0.4) is 0 Å². The molecule has 3 heteroatoms. The second-order valence-corrected chi connectivity index (χ2v) is 3.61. The number of nitrogens with zero attached hydrogens (tertiary/aromatic N) is 1. The van der Waals surface area contributed by atoms with Gasteiger partial charge in [-0.25, -0.2) is 0 Å². The van der Waals surface area contributed by atoms with E-state index in [-0.39, 0.29) is 0 Å². The highest BCUT2D eigenvalue weighted by Gasteiger charge is 2.05. The Morgan fingerprint density at radius 2 is 2.13 bits per heavy atom. The van der Waals surface area contributed by atoms with Gasteiger partial charge in [-0.05, 0) is 31.0 Å². The molecule has 0 aliphatic carbocycles. The average molecular weight is 222 g/mol. The molecular weight excluding hydrogens is 210 g/mol. The predicted molar refractivity (Wildman–Crippen MR) is 61.8 cm³/mol. The van der Waals surface area contributed by atoms with E-state index < -0.39 is 0 Å². The Morgan fingerprint density at radius 3 is 2.67 bits per heavy atom. The van der Waals surface area contributed by atoms with Crippen LogP contribution in [0.2, 0.25) is 0 Å². The van der Waals surface area contributed by atoms with Crippen LogP contribution in [0.5, 0.6) is 5.75 Å². The second kappa shape index (κ2) is 4.86. The Balaban J connectivity index is 3.24. The Kier molecular flexibility index (Phi) is 3.76. The molecule has 0 bridgehead atoms. The lowest BCUT2D eigenvalue weighted by molar-refractivity contribution is 0.411. The first-order valence-electron chi connectivity index (χ1n) is 4.51. The highest BCUT2D eigenvalue weighted by molar-refractivity contribution is 6.49. The van der Waals surface area contributed by atoms with Crippen molar-refractivity contribution in [2.45, 2.75) is 13.8 Å². The monoisotopic (exact) mass is 221 g/mol. The van der Waals surface area contributed by atoms with Crippen LogP contribution in [0.4, 0.5) is 0 Å². The summed E-state index contributed by atoms with van der Waals surface area (Å²) in [5.41, 5.74) is 2.35. The SMILES string of the molecule is COc1cc(C(Cl)=C(C)C#N)ccc1C. The molecule has 2 nitrogen and oxygen atoms in total. The van der Waals surface area contributed by atoms with Crippen molar-refractivity contribution in [1.82, 2.24) is 0 Å². The van der Waals surface area contributed by atoms with Gasteiger partial charge in [0.25, 0.3) is 0 Å². The van der Waals surface area contributed by atoms with Crippen molar-refractivity contribution in [3.63, 3.8) is 0 Å². The number of rotatable bonds is 2. The lowest BCUT2D eigenvalue weighted by Gasteiger charge is -2.07. The van der Waals surface area contributed by atoms with E-state index in [0.29, 0.717) is 10.6 Å². The summed E-state index contributed by atoms with van der Waals surface area (Å²) in [5.74, 6) is 0.774. The van der Waals surface area contributed by atoms with Gasteiger partial charge in [-0.15, -0.1) is 0 Å². The molecule has 0 fully saturated rings. The Hall–Kier alpha value is -1.46. The fourth-order valence-electron chi connectivity index (χ4n) is 1.22. The van der Waals surface area contributed by atoms with E-state index in [4.69, 9.17) is 21.6 Å². The van der Waals surface area contributed by atoms with E-state index in [1.807, 2.05) is 31.2 Å². The van der Waals surface area contributed by atoms with Crippen molar-refractivity contribution in [3.05, 3.63) is 34.9 Å². The number of hydrogen-bond donors (Lipinski definition) is 0. The van der Waals surface area contributed by atoms with E-state index in [0.717, 1.165) is 16.9 Å². The van der Waals surface area contributed by atoms with Gasteiger partial charge in [-0.2, -0.15) is 5.26 Å². The summed E-state index contributed by atoms with van der Waals surface area (Å²) >= 11 is 6.04. The van der Waals surface area contributed by atoms with E-state index in [1.165, 1.54) is 0 Å². The molecule has 0 saturated heterocycles. The van der Waals surface area contributed by atoms with Crippen LogP contribution in [0.15, 0.2) is 23.8 Å². The first-order chi connectivity index (χ1) is 7.10. The molecular formula is C12H12ClNO. The molecule has 1 aromatic rings. The zero-order valence-electron chi connectivity index (χ0n) is 8.97. The molecule has 15 heavy (non-hydrogen) atoms. The first kappa shape index (κ1) is 11.6. The molecule has 78 valence electrons. The van der Waals surface area contributed by atoms with Crippen LogP contribution in [0, 0.1) is 18.3 Å². The van der Waals surface area contributed by atoms with Crippen LogP contribution in [0.1, 0.15) is 18.1 Å². The van der Waals surface area contributed by atoms with Crippen molar-refractivity contribution >= 4 is 16.6 Å². The molecule has 1 aromatic carbocycles. The van der Waals surface area contributed by atoms with Crippen LogP contribution < -0.4 is 4.74 Å². The minimum Gasteiger partial charge on any atom is -0.496 e. The molecule has 0 spiro atoms. The highest BCUT2D eigenvalue weighted by atomic mass is 35.5. The van der Waals surface area contributed by atoms with Gasteiger partial charge in [0.05, 0.1) is 18.2 Å². The van der Waals surface area contributed by atoms with E-state index in [9.17, 15) is 0 Å². The molecule has 0 radical (unpaired) electrons. The smallest absolute Gasteiger partial charge is 0.122 e. The number of hydrogen-bond acceptors (Lipinski definition) is 2. The van der Waals surface area contributed by atoms with Crippen LogP contribution >= 0.6 is 11.6 Å². The molecule has 0 unspecified atom stereocenters. The third-order valence-corrected chi connectivity index (χ3v) is 2.66. The van der Waals surface area contributed by atoms with Gasteiger partial charge in [0.2, 0.25) is 0 Å². The fourth-order valence-corrected chi connectivity index (χ4v) is 1.38. The van der Waals surface area contributed by atoms with E-state index in [1.54, 1.807) is 14.0 Å². The Morgan fingerprint density at radius 1 is 1.47 bits per heavy atom. The number of benzene rings is 1. The molecule has 0 aromatic heterocycles. The molecule has 0 aliphatic heterocycles. The molecule has 0 atom stereocenters. The van der Waals surface area contributed by atoms with Gasteiger partial charge >= 0.3 is 0 Å². The third-order valence-electron chi connectivity index (χ3n) is 2.16. The van der Waals surface area contributed by atoms with Gasteiger partial charge in [-0.1, -0.05) is 23.7 Å². The number of aryl methyl sites for hydroxylation is 1. The molecule has 0 heterocycles. The lowest BCUT2D eigenvalue weighted by atomic mass is 10.1. The summed E-state index contributed by atoms with van der Waals surface area (Å²) in [5, 5.41) is 9.19. The maximum Gasteiger partial charge on any atom is 0.122 e. The Labute approximate surface area is 94.7 Å². The molecule has 0 saturated carbocycles. The lowest BCUT2D eigenvalue weighted by Crippen LogP contribution is -1.89. The molecule has 1 rings (SSSR count). The molecule has 0 amide bonds. The summed E-state index contributed by atoms with van der Waals surface area (Å²) < 4.78 is 5.19. The molecule has 0 N–H and O–H groups in total. The molecule has 0 aliphatic rings. The normalized spacial score (nSPS) is 11.7. The van der Waals surface area contributed by atoms with Crippen molar-refractivity contribution in [3.8, 4) is 11.8 Å². The summed E-state index contributed by atoms with van der Waals surface area (Å²) in [6, 6.07) is 7.65. The second-order valence-electron chi connectivity index (χ2n) is 3.24. The minimum absolute atomic E-state index is 0.468. The first-order valence-corrected chi connectivity index (χ1v) is 4.89. The summed E-state index contributed by atoms with van der Waals surface area (Å²) in [7, 11) is 1.61.